The van der Waals surface area contributed by atoms with Crippen LogP contribution in [0.3, 0.4) is 0 Å². The molecule has 0 atom stereocenters. The van der Waals surface area contributed by atoms with E-state index in [2.05, 4.69) is 31.3 Å². The van der Waals surface area contributed by atoms with Crippen LogP contribution < -0.4 is 10.1 Å². The molecule has 0 saturated heterocycles. The van der Waals surface area contributed by atoms with Gasteiger partial charge in [-0.1, -0.05) is 32.4 Å². The van der Waals surface area contributed by atoms with Crippen LogP contribution in [-0.4, -0.2) is 20.2 Å². The Labute approximate surface area is 112 Å². The predicted molar refractivity (Wildman–Crippen MR) is 78.3 cm³/mol. The molecule has 1 aromatic rings. The summed E-state index contributed by atoms with van der Waals surface area (Å²) in [5, 5.41) is 3.48. The van der Waals surface area contributed by atoms with Crippen LogP contribution in [0.5, 0.6) is 5.75 Å². The van der Waals surface area contributed by atoms with Crippen molar-refractivity contribution >= 4 is 0 Å². The molecule has 1 aromatic carbocycles. The number of unbranched alkanes of at least 4 members (excludes halogenated alkanes) is 2. The largest absolute Gasteiger partial charge is 0.497 e. The number of hydrogen-bond acceptors (Lipinski definition) is 2. The average molecular weight is 249 g/mol. The maximum Gasteiger partial charge on any atom is 0.118 e. The molecule has 0 saturated carbocycles. The molecule has 0 aliphatic rings. The molecular weight excluding hydrogens is 222 g/mol. The first-order valence-electron chi connectivity index (χ1n) is 7.06. The normalized spacial score (nSPS) is 10.9. The number of rotatable bonds is 9. The van der Waals surface area contributed by atoms with E-state index >= 15 is 0 Å². The summed E-state index contributed by atoms with van der Waals surface area (Å²) in [6, 6.07) is 8.41. The molecule has 0 aliphatic carbocycles. The third-order valence-corrected chi connectivity index (χ3v) is 3.03. The predicted octanol–water partition coefficient (Wildman–Crippen LogP) is 3.65. The molecule has 0 bridgehead atoms. The molecule has 0 aliphatic heterocycles. The molecule has 0 amide bonds. The summed E-state index contributed by atoms with van der Waals surface area (Å²) in [6.45, 7) is 6.78. The van der Waals surface area contributed by atoms with Crippen LogP contribution in [0.15, 0.2) is 24.3 Å². The zero-order valence-corrected chi connectivity index (χ0v) is 12.0. The lowest BCUT2D eigenvalue weighted by atomic mass is 10.1. The van der Waals surface area contributed by atoms with Gasteiger partial charge in [0.2, 0.25) is 0 Å². The number of benzene rings is 1. The quantitative estimate of drug-likeness (QED) is 0.674. The van der Waals surface area contributed by atoms with Crippen molar-refractivity contribution in [3.8, 4) is 5.75 Å². The summed E-state index contributed by atoms with van der Waals surface area (Å²) in [4.78, 5) is 0. The summed E-state index contributed by atoms with van der Waals surface area (Å²) < 4.78 is 5.15. The van der Waals surface area contributed by atoms with Gasteiger partial charge in [0.1, 0.15) is 5.75 Å². The molecule has 0 aromatic heterocycles. The fraction of sp³-hybridized carbons (Fsp3) is 0.625. The zero-order valence-electron chi connectivity index (χ0n) is 12.0. The minimum Gasteiger partial charge on any atom is -0.497 e. The lowest BCUT2D eigenvalue weighted by molar-refractivity contribution is 0.414. The van der Waals surface area contributed by atoms with Gasteiger partial charge in [0.15, 0.2) is 0 Å². The molecule has 1 N–H and O–H groups in total. The van der Waals surface area contributed by atoms with Gasteiger partial charge in [-0.05, 0) is 56.0 Å². The second-order valence-corrected chi connectivity index (χ2v) is 5.26. The molecule has 0 unspecified atom stereocenters. The van der Waals surface area contributed by atoms with Crippen LogP contribution in [0.1, 0.15) is 38.7 Å². The van der Waals surface area contributed by atoms with Gasteiger partial charge in [-0.25, -0.2) is 0 Å². The van der Waals surface area contributed by atoms with E-state index < -0.39 is 0 Å². The summed E-state index contributed by atoms with van der Waals surface area (Å²) in [6.07, 6.45) is 5.03. The summed E-state index contributed by atoms with van der Waals surface area (Å²) >= 11 is 0. The van der Waals surface area contributed by atoms with Crippen LogP contribution >= 0.6 is 0 Å². The highest BCUT2D eigenvalue weighted by atomic mass is 16.5. The zero-order chi connectivity index (χ0) is 13.2. The average Bonchev–Trinajstić information content (AvgIpc) is 2.38. The second-order valence-electron chi connectivity index (χ2n) is 5.26. The topological polar surface area (TPSA) is 21.3 Å². The summed E-state index contributed by atoms with van der Waals surface area (Å²) in [5.74, 6) is 1.70. The van der Waals surface area contributed by atoms with E-state index in [1.54, 1.807) is 7.11 Å². The van der Waals surface area contributed by atoms with Crippen LogP contribution in [-0.2, 0) is 6.42 Å². The Kier molecular flexibility index (Phi) is 7.51. The number of ether oxygens (including phenoxy) is 1. The summed E-state index contributed by atoms with van der Waals surface area (Å²) in [5.41, 5.74) is 1.41. The minimum absolute atomic E-state index is 0.754. The Hall–Kier alpha value is -1.02. The van der Waals surface area contributed by atoms with E-state index in [9.17, 15) is 0 Å². The molecule has 0 radical (unpaired) electrons. The van der Waals surface area contributed by atoms with Crippen molar-refractivity contribution in [1.29, 1.82) is 0 Å². The minimum atomic E-state index is 0.754. The molecule has 0 heterocycles. The van der Waals surface area contributed by atoms with E-state index in [4.69, 9.17) is 4.74 Å². The fourth-order valence-electron chi connectivity index (χ4n) is 1.94. The Balaban J connectivity index is 2.03. The van der Waals surface area contributed by atoms with Gasteiger partial charge in [0, 0.05) is 0 Å². The monoisotopic (exact) mass is 249 g/mol. The van der Waals surface area contributed by atoms with Crippen LogP contribution in [0.25, 0.3) is 0 Å². The lowest BCUT2D eigenvalue weighted by Gasteiger charge is -2.07. The first-order chi connectivity index (χ1) is 8.72. The molecule has 18 heavy (non-hydrogen) atoms. The number of hydrogen-bond donors (Lipinski definition) is 1. The van der Waals surface area contributed by atoms with E-state index in [0.29, 0.717) is 0 Å². The number of aryl methyl sites for hydroxylation is 1. The van der Waals surface area contributed by atoms with Gasteiger partial charge in [0.25, 0.3) is 0 Å². The Morgan fingerprint density at radius 1 is 1.06 bits per heavy atom. The SMILES string of the molecule is COc1ccc(CCCCCNCC(C)C)cc1. The molecule has 2 heteroatoms. The lowest BCUT2D eigenvalue weighted by Crippen LogP contribution is -2.20. The standard InChI is InChI=1S/C16H27NO/c1-14(2)13-17-12-6-4-5-7-15-8-10-16(18-3)11-9-15/h8-11,14,17H,4-7,12-13H2,1-3H3. The third kappa shape index (κ3) is 6.65. The van der Waals surface area contributed by atoms with Gasteiger partial charge in [-0.3, -0.25) is 0 Å². The second kappa shape index (κ2) is 8.98. The van der Waals surface area contributed by atoms with Gasteiger partial charge >= 0.3 is 0 Å². The fourth-order valence-corrected chi connectivity index (χ4v) is 1.94. The third-order valence-electron chi connectivity index (χ3n) is 3.03. The van der Waals surface area contributed by atoms with Crippen molar-refractivity contribution in [3.05, 3.63) is 29.8 Å². The van der Waals surface area contributed by atoms with Gasteiger partial charge < -0.3 is 10.1 Å². The van der Waals surface area contributed by atoms with E-state index in [1.165, 1.54) is 31.2 Å². The Bertz CT molecular complexity index is 305. The first-order valence-corrected chi connectivity index (χ1v) is 7.06. The van der Waals surface area contributed by atoms with Crippen LogP contribution in [0, 0.1) is 5.92 Å². The first kappa shape index (κ1) is 15.0. The smallest absolute Gasteiger partial charge is 0.118 e. The van der Waals surface area contributed by atoms with Crippen molar-refractivity contribution in [3.63, 3.8) is 0 Å². The highest BCUT2D eigenvalue weighted by Crippen LogP contribution is 2.13. The van der Waals surface area contributed by atoms with Crippen molar-refractivity contribution < 1.29 is 4.74 Å². The van der Waals surface area contributed by atoms with E-state index in [1.807, 2.05) is 12.1 Å². The van der Waals surface area contributed by atoms with Crippen molar-refractivity contribution in [2.75, 3.05) is 20.2 Å². The van der Waals surface area contributed by atoms with Crippen molar-refractivity contribution in [1.82, 2.24) is 5.32 Å². The molecule has 102 valence electrons. The molecule has 1 rings (SSSR count). The molecule has 0 fully saturated rings. The molecule has 0 spiro atoms. The van der Waals surface area contributed by atoms with Crippen molar-refractivity contribution in [2.24, 2.45) is 5.92 Å². The highest BCUT2D eigenvalue weighted by Gasteiger charge is 1.96. The van der Waals surface area contributed by atoms with E-state index in [0.717, 1.165) is 24.8 Å². The van der Waals surface area contributed by atoms with Crippen LogP contribution in [0.4, 0.5) is 0 Å². The molecule has 2 nitrogen and oxygen atoms in total. The van der Waals surface area contributed by atoms with Crippen LogP contribution in [0.2, 0.25) is 0 Å². The number of methoxy groups -OCH3 is 1. The van der Waals surface area contributed by atoms with Gasteiger partial charge in [-0.15, -0.1) is 0 Å². The summed E-state index contributed by atoms with van der Waals surface area (Å²) in [7, 11) is 1.71. The Morgan fingerprint density at radius 2 is 1.78 bits per heavy atom. The van der Waals surface area contributed by atoms with E-state index in [-0.39, 0.29) is 0 Å². The van der Waals surface area contributed by atoms with Gasteiger partial charge in [-0.2, -0.15) is 0 Å². The van der Waals surface area contributed by atoms with Gasteiger partial charge in [0.05, 0.1) is 7.11 Å². The number of nitrogens with one attached hydrogen (secondary N) is 1. The maximum absolute atomic E-state index is 5.15. The Morgan fingerprint density at radius 3 is 2.39 bits per heavy atom. The maximum atomic E-state index is 5.15. The van der Waals surface area contributed by atoms with Crippen molar-refractivity contribution in [2.45, 2.75) is 39.5 Å². The molecular formula is C16H27NO. The highest BCUT2D eigenvalue weighted by molar-refractivity contribution is 5.27.